The maximum atomic E-state index is 12.9. The monoisotopic (exact) mass is 374 g/mol. The molecule has 6 nitrogen and oxygen atoms in total. The van der Waals surface area contributed by atoms with Gasteiger partial charge < -0.3 is 9.73 Å². The molecule has 2 aromatic rings. The van der Waals surface area contributed by atoms with Gasteiger partial charge in [-0.1, -0.05) is 12.1 Å². The zero-order valence-corrected chi connectivity index (χ0v) is 14.6. The minimum atomic E-state index is -0.438. The van der Waals surface area contributed by atoms with Crippen molar-refractivity contribution in [3.05, 3.63) is 64.2 Å². The summed E-state index contributed by atoms with van der Waals surface area (Å²) in [7, 11) is 0. The maximum Gasteiger partial charge on any atom is 0.293 e. The highest BCUT2D eigenvalue weighted by Gasteiger charge is 2.34. The molecule has 26 heavy (non-hydrogen) atoms. The number of amides is 3. The van der Waals surface area contributed by atoms with Crippen molar-refractivity contribution in [3.8, 4) is 0 Å². The fourth-order valence-corrected chi connectivity index (χ4v) is 3.19. The first-order chi connectivity index (χ1) is 12.4. The molecule has 0 atom stereocenters. The van der Waals surface area contributed by atoms with Gasteiger partial charge >= 0.3 is 0 Å². The van der Waals surface area contributed by atoms with E-state index >= 15 is 0 Å². The molecule has 0 aliphatic carbocycles. The Morgan fingerprint density at radius 3 is 2.62 bits per heavy atom. The minimum Gasteiger partial charge on any atom is -0.456 e. The largest absolute Gasteiger partial charge is 0.456 e. The van der Waals surface area contributed by atoms with Crippen LogP contribution in [0.15, 0.2) is 45.7 Å². The lowest BCUT2D eigenvalue weighted by molar-refractivity contribution is -0.122. The van der Waals surface area contributed by atoms with E-state index in [1.165, 1.54) is 30.3 Å². The minimum absolute atomic E-state index is 0.0524. The van der Waals surface area contributed by atoms with Crippen molar-refractivity contribution in [1.29, 1.82) is 0 Å². The number of carbonyl (C=O) groups is 3. The van der Waals surface area contributed by atoms with Gasteiger partial charge in [-0.3, -0.25) is 19.3 Å². The number of carbonyl (C=O) groups excluding carboxylic acids is 3. The van der Waals surface area contributed by atoms with Crippen molar-refractivity contribution < 1.29 is 23.2 Å². The molecule has 3 rings (SSSR count). The highest BCUT2D eigenvalue weighted by molar-refractivity contribution is 8.18. The second kappa shape index (κ2) is 7.57. The van der Waals surface area contributed by atoms with Gasteiger partial charge in [-0.2, -0.15) is 0 Å². The number of aryl methyl sites for hydroxylation is 1. The van der Waals surface area contributed by atoms with Crippen LogP contribution in [0.2, 0.25) is 0 Å². The Hall–Kier alpha value is -2.87. The average Bonchev–Trinajstić information content (AvgIpc) is 3.15. The van der Waals surface area contributed by atoms with Crippen LogP contribution in [0, 0.1) is 12.7 Å². The van der Waals surface area contributed by atoms with E-state index in [4.69, 9.17) is 4.42 Å². The molecule has 0 unspecified atom stereocenters. The number of nitrogens with zero attached hydrogens (tertiary/aromatic N) is 1. The molecule has 1 saturated heterocycles. The van der Waals surface area contributed by atoms with E-state index in [-0.39, 0.29) is 29.6 Å². The Balaban J connectivity index is 1.58. The van der Waals surface area contributed by atoms with Crippen LogP contribution in [0.25, 0.3) is 6.08 Å². The highest BCUT2D eigenvalue weighted by atomic mass is 32.2. The topological polar surface area (TPSA) is 79.6 Å². The second-order valence-electron chi connectivity index (χ2n) is 5.55. The van der Waals surface area contributed by atoms with Gasteiger partial charge in [0.15, 0.2) is 5.76 Å². The van der Waals surface area contributed by atoms with Crippen LogP contribution in [0.4, 0.5) is 9.18 Å². The van der Waals surface area contributed by atoms with E-state index in [2.05, 4.69) is 5.32 Å². The fourth-order valence-electron chi connectivity index (χ4n) is 2.33. The first-order valence-electron chi connectivity index (χ1n) is 7.79. The van der Waals surface area contributed by atoms with E-state index in [1.54, 1.807) is 19.1 Å². The standard InChI is InChI=1S/C18H15FN2O4S/c1-11-2-7-14(25-11)16(22)20-8-9-21-17(23)15(26-18(21)24)10-12-3-5-13(19)6-4-12/h2-7,10H,8-9H2,1H3,(H,20,22)/b15-10-. The Labute approximate surface area is 153 Å². The van der Waals surface area contributed by atoms with Crippen LogP contribution in [-0.2, 0) is 4.79 Å². The molecule has 0 spiro atoms. The fraction of sp³-hybridized carbons (Fsp3) is 0.167. The normalized spacial score (nSPS) is 15.8. The average molecular weight is 374 g/mol. The van der Waals surface area contributed by atoms with E-state index in [1.807, 2.05) is 0 Å². The van der Waals surface area contributed by atoms with Crippen molar-refractivity contribution in [2.45, 2.75) is 6.92 Å². The number of imide groups is 1. The molecule has 3 amide bonds. The summed E-state index contributed by atoms with van der Waals surface area (Å²) >= 11 is 0.813. The van der Waals surface area contributed by atoms with Crippen LogP contribution in [-0.4, -0.2) is 35.0 Å². The number of hydrogen-bond acceptors (Lipinski definition) is 5. The smallest absolute Gasteiger partial charge is 0.293 e. The summed E-state index contributed by atoms with van der Waals surface area (Å²) in [6.45, 7) is 1.89. The van der Waals surface area contributed by atoms with Gasteiger partial charge in [0.1, 0.15) is 11.6 Å². The molecule has 134 valence electrons. The summed E-state index contributed by atoms with van der Waals surface area (Å²) in [5.41, 5.74) is 0.624. The van der Waals surface area contributed by atoms with Crippen molar-refractivity contribution in [2.24, 2.45) is 0 Å². The number of thioether (sulfide) groups is 1. The van der Waals surface area contributed by atoms with E-state index < -0.39 is 17.1 Å². The molecule has 1 N–H and O–H groups in total. The lowest BCUT2D eigenvalue weighted by atomic mass is 10.2. The lowest BCUT2D eigenvalue weighted by Gasteiger charge is -2.12. The van der Waals surface area contributed by atoms with Gasteiger partial charge in [-0.15, -0.1) is 0 Å². The number of nitrogens with one attached hydrogen (secondary N) is 1. The highest BCUT2D eigenvalue weighted by Crippen LogP contribution is 2.31. The second-order valence-corrected chi connectivity index (χ2v) is 6.54. The van der Waals surface area contributed by atoms with Crippen LogP contribution < -0.4 is 5.32 Å². The Kier molecular flexibility index (Phi) is 5.22. The van der Waals surface area contributed by atoms with Crippen molar-refractivity contribution >= 4 is 34.9 Å². The van der Waals surface area contributed by atoms with Crippen molar-refractivity contribution in [3.63, 3.8) is 0 Å². The summed E-state index contributed by atoms with van der Waals surface area (Å²) < 4.78 is 18.1. The van der Waals surface area contributed by atoms with E-state index in [0.29, 0.717) is 11.3 Å². The molecule has 1 fully saturated rings. The van der Waals surface area contributed by atoms with Gasteiger partial charge in [0.2, 0.25) is 0 Å². The van der Waals surface area contributed by atoms with E-state index in [9.17, 15) is 18.8 Å². The van der Waals surface area contributed by atoms with Crippen molar-refractivity contribution in [2.75, 3.05) is 13.1 Å². The van der Waals surface area contributed by atoms with Gasteiger partial charge in [-0.05, 0) is 54.6 Å². The van der Waals surface area contributed by atoms with Gasteiger partial charge in [0.25, 0.3) is 17.1 Å². The molecule has 1 aromatic carbocycles. The number of halogens is 1. The van der Waals surface area contributed by atoms with Gasteiger partial charge in [0.05, 0.1) is 4.91 Å². The van der Waals surface area contributed by atoms with Gasteiger partial charge in [0, 0.05) is 13.1 Å². The third-order valence-electron chi connectivity index (χ3n) is 3.63. The molecule has 1 aliphatic heterocycles. The number of benzene rings is 1. The first kappa shape index (κ1) is 17.9. The zero-order valence-electron chi connectivity index (χ0n) is 13.8. The Bertz CT molecular complexity index is 889. The first-order valence-corrected chi connectivity index (χ1v) is 8.61. The molecular formula is C18H15FN2O4S. The third-order valence-corrected chi connectivity index (χ3v) is 4.53. The van der Waals surface area contributed by atoms with Crippen LogP contribution >= 0.6 is 11.8 Å². The molecular weight excluding hydrogens is 359 g/mol. The SMILES string of the molecule is Cc1ccc(C(=O)NCCN2C(=O)S/C(=C\c3ccc(F)cc3)C2=O)o1. The predicted molar refractivity (Wildman–Crippen MR) is 94.9 cm³/mol. The van der Waals surface area contributed by atoms with Crippen LogP contribution in [0.1, 0.15) is 21.9 Å². The van der Waals surface area contributed by atoms with Gasteiger partial charge in [-0.25, -0.2) is 4.39 Å². The Morgan fingerprint density at radius 1 is 1.23 bits per heavy atom. The molecule has 0 radical (unpaired) electrons. The third kappa shape index (κ3) is 4.02. The Morgan fingerprint density at radius 2 is 1.96 bits per heavy atom. The molecule has 0 bridgehead atoms. The molecule has 1 aromatic heterocycles. The number of hydrogen-bond donors (Lipinski definition) is 1. The van der Waals surface area contributed by atoms with E-state index in [0.717, 1.165) is 16.7 Å². The predicted octanol–water partition coefficient (Wildman–Crippen LogP) is 3.19. The zero-order chi connectivity index (χ0) is 18.7. The lowest BCUT2D eigenvalue weighted by Crippen LogP contribution is -2.37. The summed E-state index contributed by atoms with van der Waals surface area (Å²) in [6.07, 6.45) is 1.54. The van der Waals surface area contributed by atoms with Crippen LogP contribution in [0.5, 0.6) is 0 Å². The molecule has 1 aliphatic rings. The maximum absolute atomic E-state index is 12.9. The summed E-state index contributed by atoms with van der Waals surface area (Å²) in [6, 6.07) is 8.83. The summed E-state index contributed by atoms with van der Waals surface area (Å²) in [5, 5.41) is 2.19. The molecule has 8 heteroatoms. The number of furan rings is 1. The van der Waals surface area contributed by atoms with Crippen LogP contribution in [0.3, 0.4) is 0 Å². The summed E-state index contributed by atoms with van der Waals surface area (Å²) in [5.74, 6) is -0.433. The molecule has 2 heterocycles. The summed E-state index contributed by atoms with van der Waals surface area (Å²) in [4.78, 5) is 37.6. The quantitative estimate of drug-likeness (QED) is 0.813. The molecule has 0 saturated carbocycles. The van der Waals surface area contributed by atoms with Crippen molar-refractivity contribution in [1.82, 2.24) is 10.2 Å². The number of rotatable bonds is 5.